The third-order valence-electron chi connectivity index (χ3n) is 5.17. The molecule has 1 aromatic rings. The predicted octanol–water partition coefficient (Wildman–Crippen LogP) is 2.79. The molecule has 1 saturated heterocycles. The molecule has 4 heteroatoms. The van der Waals surface area contributed by atoms with Crippen LogP contribution in [0.5, 0.6) is 5.75 Å². The van der Waals surface area contributed by atoms with Gasteiger partial charge in [-0.05, 0) is 43.7 Å². The number of ether oxygens (including phenoxy) is 1. The molecule has 114 valence electrons. The summed E-state index contributed by atoms with van der Waals surface area (Å²) in [6.07, 6.45) is 6.31. The standard InChI is InChI=1S/C18H19NO3/c1-2-22-14-6-4-3-5-13(14)19-17(20)15-11-7-8-12(10-9-11)16(15)18(19)21/h3-8,11-12,15-16H,2,9-10H2,1H3/t11-,12-,15-,16-/m0/s1. The van der Waals surface area contributed by atoms with Crippen molar-refractivity contribution in [2.45, 2.75) is 19.8 Å². The number of carbonyl (C=O) groups is 2. The summed E-state index contributed by atoms with van der Waals surface area (Å²) >= 11 is 0. The number of hydrogen-bond donors (Lipinski definition) is 0. The quantitative estimate of drug-likeness (QED) is 0.636. The number of nitrogens with zero attached hydrogens (tertiary/aromatic N) is 1. The lowest BCUT2D eigenvalue weighted by atomic mass is 9.63. The average Bonchev–Trinajstić information content (AvgIpc) is 2.83. The Labute approximate surface area is 129 Å². The highest BCUT2D eigenvalue weighted by Gasteiger charge is 2.57. The van der Waals surface area contributed by atoms with Gasteiger partial charge >= 0.3 is 0 Å². The van der Waals surface area contributed by atoms with E-state index in [9.17, 15) is 9.59 Å². The van der Waals surface area contributed by atoms with E-state index in [1.54, 1.807) is 6.07 Å². The molecule has 4 nitrogen and oxygen atoms in total. The van der Waals surface area contributed by atoms with E-state index in [4.69, 9.17) is 4.74 Å². The fraction of sp³-hybridized carbons (Fsp3) is 0.444. The van der Waals surface area contributed by atoms with Crippen LogP contribution in [0.2, 0.25) is 0 Å². The van der Waals surface area contributed by atoms with Gasteiger partial charge in [0, 0.05) is 0 Å². The topological polar surface area (TPSA) is 46.6 Å². The van der Waals surface area contributed by atoms with Crippen LogP contribution in [0.25, 0.3) is 0 Å². The first-order chi connectivity index (χ1) is 10.7. The number of amides is 2. The molecule has 1 heterocycles. The summed E-state index contributed by atoms with van der Waals surface area (Å²) in [7, 11) is 0. The van der Waals surface area contributed by atoms with E-state index in [0.29, 0.717) is 18.0 Å². The van der Waals surface area contributed by atoms with Crippen LogP contribution in [0.4, 0.5) is 5.69 Å². The molecule has 4 atom stereocenters. The van der Waals surface area contributed by atoms with Gasteiger partial charge in [0.15, 0.2) is 0 Å². The maximum Gasteiger partial charge on any atom is 0.238 e. The first kappa shape index (κ1) is 13.6. The number of carbonyl (C=O) groups excluding carboxylic acids is 2. The molecule has 5 rings (SSSR count). The fourth-order valence-corrected chi connectivity index (χ4v) is 4.23. The number of para-hydroxylation sites is 2. The summed E-state index contributed by atoms with van der Waals surface area (Å²) in [5.41, 5.74) is 0.591. The largest absolute Gasteiger partial charge is 0.492 e. The number of rotatable bonds is 3. The van der Waals surface area contributed by atoms with Gasteiger partial charge in [0.05, 0.1) is 24.1 Å². The zero-order chi connectivity index (χ0) is 15.3. The number of benzene rings is 1. The van der Waals surface area contributed by atoms with Crippen molar-refractivity contribution in [3.8, 4) is 5.75 Å². The first-order valence-electron chi connectivity index (χ1n) is 8.00. The minimum Gasteiger partial charge on any atom is -0.492 e. The lowest BCUT2D eigenvalue weighted by Crippen LogP contribution is -2.38. The van der Waals surface area contributed by atoms with E-state index in [-0.39, 0.29) is 35.5 Å². The molecular weight excluding hydrogens is 278 g/mol. The number of hydrogen-bond acceptors (Lipinski definition) is 3. The minimum atomic E-state index is -0.175. The second-order valence-corrected chi connectivity index (χ2v) is 6.25. The van der Waals surface area contributed by atoms with Crippen molar-refractivity contribution in [2.24, 2.45) is 23.7 Å². The molecule has 0 aromatic heterocycles. The minimum absolute atomic E-state index is 0.0544. The Bertz CT molecular complexity index is 634. The highest BCUT2D eigenvalue weighted by atomic mass is 16.5. The Morgan fingerprint density at radius 1 is 1.05 bits per heavy atom. The van der Waals surface area contributed by atoms with Crippen molar-refractivity contribution in [2.75, 3.05) is 11.5 Å². The van der Waals surface area contributed by atoms with Crippen LogP contribution in [0.15, 0.2) is 36.4 Å². The molecule has 2 fully saturated rings. The van der Waals surface area contributed by atoms with Crippen molar-refractivity contribution in [3.05, 3.63) is 36.4 Å². The molecule has 0 unspecified atom stereocenters. The van der Waals surface area contributed by atoms with E-state index in [1.807, 2.05) is 25.1 Å². The van der Waals surface area contributed by atoms with E-state index in [0.717, 1.165) is 12.8 Å². The zero-order valence-corrected chi connectivity index (χ0v) is 12.6. The van der Waals surface area contributed by atoms with Gasteiger partial charge in [0.2, 0.25) is 11.8 Å². The van der Waals surface area contributed by atoms with Crippen LogP contribution in [0, 0.1) is 23.7 Å². The van der Waals surface area contributed by atoms with Crippen LogP contribution >= 0.6 is 0 Å². The average molecular weight is 297 g/mol. The van der Waals surface area contributed by atoms with Gasteiger partial charge in [-0.1, -0.05) is 24.3 Å². The molecule has 0 radical (unpaired) electrons. The summed E-state index contributed by atoms with van der Waals surface area (Å²) in [6, 6.07) is 7.31. The number of anilines is 1. The Morgan fingerprint density at radius 2 is 1.64 bits per heavy atom. The highest BCUT2D eigenvalue weighted by molar-refractivity contribution is 6.23. The fourth-order valence-electron chi connectivity index (χ4n) is 4.23. The van der Waals surface area contributed by atoms with Gasteiger partial charge in [0.1, 0.15) is 5.75 Å². The lowest BCUT2D eigenvalue weighted by Gasteiger charge is -2.38. The van der Waals surface area contributed by atoms with Gasteiger partial charge in [0.25, 0.3) is 0 Å². The molecule has 1 saturated carbocycles. The third-order valence-corrected chi connectivity index (χ3v) is 5.17. The van der Waals surface area contributed by atoms with Crippen LogP contribution in [0.1, 0.15) is 19.8 Å². The molecule has 4 aliphatic rings. The zero-order valence-electron chi connectivity index (χ0n) is 12.6. The van der Waals surface area contributed by atoms with Crippen molar-refractivity contribution in [1.29, 1.82) is 0 Å². The summed E-state index contributed by atoms with van der Waals surface area (Å²) < 4.78 is 5.61. The molecule has 1 aromatic carbocycles. The normalized spacial score (nSPS) is 32.5. The van der Waals surface area contributed by atoms with Crippen LogP contribution in [-0.4, -0.2) is 18.4 Å². The summed E-state index contributed by atoms with van der Waals surface area (Å²) in [5, 5.41) is 0. The predicted molar refractivity (Wildman–Crippen MR) is 82.4 cm³/mol. The Kier molecular flexibility index (Phi) is 3.06. The molecule has 0 spiro atoms. The molecule has 2 bridgehead atoms. The molecule has 0 N–H and O–H groups in total. The maximum atomic E-state index is 12.9. The van der Waals surface area contributed by atoms with E-state index in [2.05, 4.69) is 12.2 Å². The SMILES string of the molecule is CCOc1ccccc1N1C(=O)[C@@H]2[C@@H](C1=O)[C@H]1C=C[C@H]2CC1. The molecule has 22 heavy (non-hydrogen) atoms. The lowest BCUT2D eigenvalue weighted by molar-refractivity contribution is -0.124. The highest BCUT2D eigenvalue weighted by Crippen LogP contribution is 2.51. The first-order valence-corrected chi connectivity index (χ1v) is 8.00. The van der Waals surface area contributed by atoms with Crippen molar-refractivity contribution in [1.82, 2.24) is 0 Å². The maximum absolute atomic E-state index is 12.9. The number of fused-ring (bicyclic) bond motifs is 1. The van der Waals surface area contributed by atoms with Crippen molar-refractivity contribution in [3.63, 3.8) is 0 Å². The Hall–Kier alpha value is -2.10. The summed E-state index contributed by atoms with van der Waals surface area (Å²) in [6.45, 7) is 2.40. The Balaban J connectivity index is 1.76. The van der Waals surface area contributed by atoms with Gasteiger partial charge in [-0.3, -0.25) is 9.59 Å². The van der Waals surface area contributed by atoms with Crippen molar-refractivity contribution >= 4 is 17.5 Å². The monoisotopic (exact) mass is 297 g/mol. The van der Waals surface area contributed by atoms with Gasteiger partial charge in [-0.15, -0.1) is 0 Å². The van der Waals surface area contributed by atoms with Crippen LogP contribution in [0.3, 0.4) is 0 Å². The van der Waals surface area contributed by atoms with Crippen LogP contribution < -0.4 is 9.64 Å². The third kappa shape index (κ3) is 1.76. The molecule has 3 aliphatic carbocycles. The van der Waals surface area contributed by atoms with Gasteiger partial charge < -0.3 is 4.74 Å². The van der Waals surface area contributed by atoms with Gasteiger partial charge in [-0.25, -0.2) is 4.90 Å². The Morgan fingerprint density at radius 3 is 2.18 bits per heavy atom. The summed E-state index contributed by atoms with van der Waals surface area (Å²) in [4.78, 5) is 27.2. The number of imide groups is 1. The molecule has 1 aliphatic heterocycles. The van der Waals surface area contributed by atoms with E-state index < -0.39 is 0 Å². The van der Waals surface area contributed by atoms with E-state index in [1.165, 1.54) is 4.90 Å². The van der Waals surface area contributed by atoms with E-state index >= 15 is 0 Å². The van der Waals surface area contributed by atoms with Crippen molar-refractivity contribution < 1.29 is 14.3 Å². The van der Waals surface area contributed by atoms with Gasteiger partial charge in [-0.2, -0.15) is 0 Å². The van der Waals surface area contributed by atoms with Crippen LogP contribution in [-0.2, 0) is 9.59 Å². The number of allylic oxidation sites excluding steroid dienone is 2. The second-order valence-electron chi connectivity index (χ2n) is 6.25. The molecular formula is C18H19NO3. The summed E-state index contributed by atoms with van der Waals surface area (Å²) in [5.74, 6) is 0.580. The second kappa shape index (κ2) is 4.97. The molecule has 2 amide bonds. The smallest absolute Gasteiger partial charge is 0.238 e.